The first-order valence-corrected chi connectivity index (χ1v) is 9.04. The van der Waals surface area contributed by atoms with Crippen LogP contribution in [0.5, 0.6) is 5.88 Å². The standard InChI is InChI=1S/C19H17N5OS/c20-19-22-17(15-7-4-12-26-15)16(14-5-2-1-3-6-14)18(23-19)25-11-10-24-9-8-21-13-24/h1-9,12-13H,10-11H2,(H2,20,22,23). The Labute approximate surface area is 155 Å². The molecular formula is C19H17N5OS. The first-order chi connectivity index (χ1) is 12.8. The van der Waals surface area contributed by atoms with Crippen molar-refractivity contribution in [2.75, 3.05) is 12.3 Å². The SMILES string of the molecule is Nc1nc(OCCn2ccnc2)c(-c2ccccc2)c(-c2cccs2)n1. The van der Waals surface area contributed by atoms with Gasteiger partial charge >= 0.3 is 0 Å². The summed E-state index contributed by atoms with van der Waals surface area (Å²) in [5.74, 6) is 0.693. The van der Waals surface area contributed by atoms with Crippen LogP contribution in [-0.4, -0.2) is 26.1 Å². The van der Waals surface area contributed by atoms with Crippen molar-refractivity contribution in [2.24, 2.45) is 0 Å². The molecule has 0 aliphatic heterocycles. The van der Waals surface area contributed by atoms with E-state index in [-0.39, 0.29) is 5.95 Å². The summed E-state index contributed by atoms with van der Waals surface area (Å²) in [5.41, 5.74) is 8.60. The zero-order chi connectivity index (χ0) is 17.8. The topological polar surface area (TPSA) is 78.9 Å². The fourth-order valence-electron chi connectivity index (χ4n) is 2.68. The number of anilines is 1. The molecule has 0 spiro atoms. The van der Waals surface area contributed by atoms with E-state index in [1.54, 1.807) is 23.9 Å². The van der Waals surface area contributed by atoms with E-state index in [1.807, 2.05) is 58.6 Å². The average molecular weight is 363 g/mol. The van der Waals surface area contributed by atoms with Crippen LogP contribution in [0.3, 0.4) is 0 Å². The minimum Gasteiger partial charge on any atom is -0.475 e. The van der Waals surface area contributed by atoms with Gasteiger partial charge in [-0.3, -0.25) is 0 Å². The fraction of sp³-hybridized carbons (Fsp3) is 0.105. The molecule has 3 heterocycles. The van der Waals surface area contributed by atoms with Crippen molar-refractivity contribution in [1.29, 1.82) is 0 Å². The van der Waals surface area contributed by atoms with E-state index < -0.39 is 0 Å². The summed E-state index contributed by atoms with van der Waals surface area (Å²) >= 11 is 1.61. The van der Waals surface area contributed by atoms with Gasteiger partial charge in [0.15, 0.2) is 0 Å². The van der Waals surface area contributed by atoms with Crippen molar-refractivity contribution in [3.63, 3.8) is 0 Å². The van der Waals surface area contributed by atoms with Crippen molar-refractivity contribution in [3.05, 3.63) is 66.6 Å². The van der Waals surface area contributed by atoms with Crippen molar-refractivity contribution in [2.45, 2.75) is 6.54 Å². The Hall–Kier alpha value is -3.19. The van der Waals surface area contributed by atoms with Crippen molar-refractivity contribution in [3.8, 4) is 27.6 Å². The zero-order valence-electron chi connectivity index (χ0n) is 13.9. The molecule has 4 rings (SSSR count). The zero-order valence-corrected chi connectivity index (χ0v) is 14.8. The Bertz CT molecular complexity index is 969. The maximum absolute atomic E-state index is 6.01. The van der Waals surface area contributed by atoms with Gasteiger partial charge < -0.3 is 15.0 Å². The highest BCUT2D eigenvalue weighted by Gasteiger charge is 2.19. The van der Waals surface area contributed by atoms with Gasteiger partial charge in [0.05, 0.1) is 29.0 Å². The van der Waals surface area contributed by atoms with E-state index in [9.17, 15) is 0 Å². The Kier molecular flexibility index (Phi) is 4.61. The largest absolute Gasteiger partial charge is 0.475 e. The van der Waals surface area contributed by atoms with Gasteiger partial charge in [-0.05, 0) is 17.0 Å². The Morgan fingerprint density at radius 1 is 1.08 bits per heavy atom. The van der Waals surface area contributed by atoms with Crippen LogP contribution in [0.25, 0.3) is 21.7 Å². The predicted octanol–water partition coefficient (Wildman–Crippen LogP) is 3.73. The van der Waals surface area contributed by atoms with Crippen LogP contribution < -0.4 is 10.5 Å². The number of hydrogen-bond acceptors (Lipinski definition) is 6. The molecule has 7 heteroatoms. The number of hydrogen-bond donors (Lipinski definition) is 1. The molecule has 26 heavy (non-hydrogen) atoms. The van der Waals surface area contributed by atoms with E-state index in [4.69, 9.17) is 10.5 Å². The van der Waals surface area contributed by atoms with Crippen LogP contribution in [0, 0.1) is 0 Å². The molecule has 6 nitrogen and oxygen atoms in total. The highest BCUT2D eigenvalue weighted by atomic mass is 32.1. The summed E-state index contributed by atoms with van der Waals surface area (Å²) in [6.07, 6.45) is 5.40. The first kappa shape index (κ1) is 16.3. The molecule has 1 aromatic carbocycles. The number of rotatable bonds is 6. The number of thiophene rings is 1. The van der Waals surface area contributed by atoms with Crippen LogP contribution in [0.15, 0.2) is 66.6 Å². The number of nitrogens with zero attached hydrogens (tertiary/aromatic N) is 4. The van der Waals surface area contributed by atoms with Gasteiger partial charge in [0.2, 0.25) is 11.8 Å². The van der Waals surface area contributed by atoms with E-state index in [1.165, 1.54) is 0 Å². The molecule has 0 amide bonds. The third-order valence-corrected chi connectivity index (χ3v) is 4.73. The maximum Gasteiger partial charge on any atom is 0.227 e. The van der Waals surface area contributed by atoms with Gasteiger partial charge in [0.25, 0.3) is 0 Å². The van der Waals surface area contributed by atoms with Crippen LogP contribution in [-0.2, 0) is 6.54 Å². The van der Waals surface area contributed by atoms with Crippen molar-refractivity contribution >= 4 is 17.3 Å². The summed E-state index contributed by atoms with van der Waals surface area (Å²) < 4.78 is 7.96. The Morgan fingerprint density at radius 2 is 1.96 bits per heavy atom. The minimum absolute atomic E-state index is 0.200. The molecule has 0 unspecified atom stereocenters. The van der Waals surface area contributed by atoms with Crippen LogP contribution in [0.1, 0.15) is 0 Å². The lowest BCUT2D eigenvalue weighted by Gasteiger charge is -2.14. The lowest BCUT2D eigenvalue weighted by atomic mass is 10.0. The van der Waals surface area contributed by atoms with Crippen LogP contribution >= 0.6 is 11.3 Å². The summed E-state index contributed by atoms with van der Waals surface area (Å²) in [6.45, 7) is 1.13. The van der Waals surface area contributed by atoms with Gasteiger partial charge in [0, 0.05) is 12.4 Å². The minimum atomic E-state index is 0.200. The molecule has 2 N–H and O–H groups in total. The quantitative estimate of drug-likeness (QED) is 0.565. The van der Waals surface area contributed by atoms with Gasteiger partial charge in [-0.1, -0.05) is 36.4 Å². The summed E-state index contributed by atoms with van der Waals surface area (Å²) in [6, 6.07) is 14.0. The van der Waals surface area contributed by atoms with Crippen molar-refractivity contribution in [1.82, 2.24) is 19.5 Å². The highest BCUT2D eigenvalue weighted by Crippen LogP contribution is 2.39. The smallest absolute Gasteiger partial charge is 0.227 e. The second kappa shape index (κ2) is 7.37. The van der Waals surface area contributed by atoms with Crippen LogP contribution in [0.2, 0.25) is 0 Å². The first-order valence-electron chi connectivity index (χ1n) is 8.16. The lowest BCUT2D eigenvalue weighted by Crippen LogP contribution is -2.10. The molecule has 0 aliphatic rings. The highest BCUT2D eigenvalue weighted by molar-refractivity contribution is 7.13. The molecule has 4 aromatic rings. The third kappa shape index (κ3) is 3.43. The second-order valence-corrected chi connectivity index (χ2v) is 6.55. The molecule has 0 bridgehead atoms. The summed E-state index contributed by atoms with van der Waals surface area (Å²) in [7, 11) is 0. The number of nitrogen functional groups attached to an aromatic ring is 1. The van der Waals surface area contributed by atoms with E-state index in [2.05, 4.69) is 15.0 Å². The number of ether oxygens (including phenoxy) is 1. The molecule has 3 aromatic heterocycles. The number of aromatic nitrogens is 4. The molecule has 0 saturated heterocycles. The monoisotopic (exact) mass is 363 g/mol. The van der Waals surface area contributed by atoms with Gasteiger partial charge in [-0.2, -0.15) is 4.98 Å². The van der Waals surface area contributed by atoms with Crippen LogP contribution in [0.4, 0.5) is 5.95 Å². The van der Waals surface area contributed by atoms with Gasteiger partial charge in [-0.15, -0.1) is 11.3 Å². The summed E-state index contributed by atoms with van der Waals surface area (Å²) in [4.78, 5) is 13.9. The number of benzene rings is 1. The molecular weight excluding hydrogens is 346 g/mol. The molecule has 0 atom stereocenters. The second-order valence-electron chi connectivity index (χ2n) is 5.60. The maximum atomic E-state index is 6.01. The molecule has 0 radical (unpaired) electrons. The molecule has 130 valence electrons. The number of imidazole rings is 1. The normalized spacial score (nSPS) is 10.8. The van der Waals surface area contributed by atoms with Crippen molar-refractivity contribution < 1.29 is 4.74 Å². The Morgan fingerprint density at radius 3 is 2.69 bits per heavy atom. The van der Waals surface area contributed by atoms with E-state index in [0.29, 0.717) is 19.0 Å². The molecule has 0 aliphatic carbocycles. The fourth-order valence-corrected chi connectivity index (χ4v) is 3.40. The van der Waals surface area contributed by atoms with E-state index >= 15 is 0 Å². The third-order valence-electron chi connectivity index (χ3n) is 3.86. The average Bonchev–Trinajstić information content (AvgIpc) is 3.36. The summed E-state index contributed by atoms with van der Waals surface area (Å²) in [5, 5.41) is 2.02. The van der Waals surface area contributed by atoms with Gasteiger partial charge in [-0.25, -0.2) is 9.97 Å². The lowest BCUT2D eigenvalue weighted by molar-refractivity contribution is 0.289. The number of nitrogens with two attached hydrogens (primary N) is 1. The van der Waals surface area contributed by atoms with E-state index in [0.717, 1.165) is 21.7 Å². The molecule has 0 saturated carbocycles. The molecule has 0 fully saturated rings. The van der Waals surface area contributed by atoms with Gasteiger partial charge in [0.1, 0.15) is 6.61 Å². The Balaban J connectivity index is 1.74. The predicted molar refractivity (Wildman–Crippen MR) is 103 cm³/mol.